The number of thiazole rings is 1. The number of thioether (sulfide) groups is 1. The van der Waals surface area contributed by atoms with Gasteiger partial charge in [0.05, 0.1) is 17.7 Å². The zero-order chi connectivity index (χ0) is 12.8. The number of para-hydroxylation sites is 1. The lowest BCUT2D eigenvalue weighted by Gasteiger charge is -2.10. The highest BCUT2D eigenvalue weighted by Crippen LogP contribution is 2.27. The van der Waals surface area contributed by atoms with E-state index in [0.29, 0.717) is 0 Å². The number of nitrogens with zero attached hydrogens (tertiary/aromatic N) is 1. The molecule has 2 aromatic rings. The molecule has 1 aromatic heterocycles. The van der Waals surface area contributed by atoms with Crippen LogP contribution < -0.4 is 5.32 Å². The second-order valence-corrected chi connectivity index (χ2v) is 5.81. The molecule has 0 unspecified atom stereocenters. The monoisotopic (exact) mass is 276 g/mol. The zero-order valence-corrected chi connectivity index (χ0v) is 12.0. The molecular formula is C14H16N2S2. The molecule has 0 bridgehead atoms. The van der Waals surface area contributed by atoms with E-state index in [2.05, 4.69) is 41.1 Å². The van der Waals surface area contributed by atoms with Crippen molar-refractivity contribution in [3.8, 4) is 0 Å². The summed E-state index contributed by atoms with van der Waals surface area (Å²) in [5.41, 5.74) is 4.19. The maximum absolute atomic E-state index is 4.26. The van der Waals surface area contributed by atoms with Gasteiger partial charge < -0.3 is 5.32 Å². The lowest BCUT2D eigenvalue weighted by Crippen LogP contribution is -2.00. The van der Waals surface area contributed by atoms with Crippen LogP contribution in [-0.4, -0.2) is 10.7 Å². The second kappa shape index (κ2) is 6.61. The topological polar surface area (TPSA) is 24.9 Å². The number of anilines is 1. The maximum atomic E-state index is 4.26. The quantitative estimate of drug-likeness (QED) is 0.627. The van der Waals surface area contributed by atoms with Gasteiger partial charge in [0.2, 0.25) is 0 Å². The molecule has 0 fully saturated rings. The summed E-state index contributed by atoms with van der Waals surface area (Å²) < 4.78 is 0. The Morgan fingerprint density at radius 3 is 3.00 bits per heavy atom. The standard InChI is InChI=1S/C14H16N2S2/c1-3-8-17-13-7-5-4-6-12(13)15-9-14-11(2)16-10-18-14/h3-7,10,15H,1,8-9H2,2H3. The zero-order valence-electron chi connectivity index (χ0n) is 10.3. The Morgan fingerprint density at radius 1 is 1.44 bits per heavy atom. The van der Waals surface area contributed by atoms with Crippen molar-refractivity contribution < 1.29 is 0 Å². The summed E-state index contributed by atoms with van der Waals surface area (Å²) in [7, 11) is 0. The van der Waals surface area contributed by atoms with Crippen molar-refractivity contribution in [3.05, 3.63) is 53.0 Å². The fourth-order valence-electron chi connectivity index (χ4n) is 1.56. The molecule has 0 amide bonds. The van der Waals surface area contributed by atoms with Gasteiger partial charge in [-0.05, 0) is 19.1 Å². The van der Waals surface area contributed by atoms with Crippen LogP contribution in [0.1, 0.15) is 10.6 Å². The second-order valence-electron chi connectivity index (χ2n) is 3.81. The van der Waals surface area contributed by atoms with Gasteiger partial charge in [0.1, 0.15) is 0 Å². The smallest absolute Gasteiger partial charge is 0.0798 e. The van der Waals surface area contributed by atoms with Gasteiger partial charge in [-0.25, -0.2) is 4.98 Å². The minimum atomic E-state index is 0.835. The van der Waals surface area contributed by atoms with E-state index in [9.17, 15) is 0 Å². The van der Waals surface area contributed by atoms with E-state index in [0.717, 1.165) is 18.0 Å². The summed E-state index contributed by atoms with van der Waals surface area (Å²) in [5, 5.41) is 3.48. The molecule has 0 aliphatic carbocycles. The van der Waals surface area contributed by atoms with E-state index < -0.39 is 0 Å². The van der Waals surface area contributed by atoms with Crippen LogP contribution in [0.15, 0.2) is 47.3 Å². The predicted molar refractivity (Wildman–Crippen MR) is 81.5 cm³/mol. The number of nitrogens with one attached hydrogen (secondary N) is 1. The van der Waals surface area contributed by atoms with E-state index in [-0.39, 0.29) is 0 Å². The third kappa shape index (κ3) is 3.37. The molecule has 0 spiro atoms. The summed E-state index contributed by atoms with van der Waals surface area (Å²) in [4.78, 5) is 6.81. The third-order valence-corrected chi connectivity index (χ3v) is 4.53. The molecule has 0 saturated heterocycles. The minimum Gasteiger partial charge on any atom is -0.379 e. The molecule has 0 radical (unpaired) electrons. The van der Waals surface area contributed by atoms with Gasteiger partial charge in [0.15, 0.2) is 0 Å². The van der Waals surface area contributed by atoms with Crippen LogP contribution in [0.4, 0.5) is 5.69 Å². The maximum Gasteiger partial charge on any atom is 0.0798 e. The number of benzene rings is 1. The van der Waals surface area contributed by atoms with E-state index in [1.54, 1.807) is 23.1 Å². The largest absolute Gasteiger partial charge is 0.379 e. The first-order chi connectivity index (χ1) is 8.81. The molecule has 0 atom stereocenters. The highest BCUT2D eigenvalue weighted by atomic mass is 32.2. The summed E-state index contributed by atoms with van der Waals surface area (Å²) in [6, 6.07) is 8.37. The fraction of sp³-hybridized carbons (Fsp3) is 0.214. The first-order valence-electron chi connectivity index (χ1n) is 5.77. The molecule has 0 saturated carbocycles. The average Bonchev–Trinajstić information content (AvgIpc) is 2.80. The molecule has 2 rings (SSSR count). The summed E-state index contributed by atoms with van der Waals surface area (Å²) >= 11 is 3.49. The van der Waals surface area contributed by atoms with Crippen molar-refractivity contribution in [2.75, 3.05) is 11.1 Å². The number of aryl methyl sites for hydroxylation is 1. The molecule has 0 aliphatic rings. The Kier molecular flexibility index (Phi) is 4.84. The molecule has 18 heavy (non-hydrogen) atoms. The van der Waals surface area contributed by atoms with Crippen LogP contribution in [0, 0.1) is 6.92 Å². The lowest BCUT2D eigenvalue weighted by molar-refractivity contribution is 1.11. The van der Waals surface area contributed by atoms with Gasteiger partial charge in [-0.15, -0.1) is 29.7 Å². The Bertz CT molecular complexity index is 520. The summed E-state index contributed by atoms with van der Waals surface area (Å²) in [6.07, 6.45) is 1.93. The minimum absolute atomic E-state index is 0.835. The van der Waals surface area contributed by atoms with E-state index in [1.165, 1.54) is 15.5 Å². The average molecular weight is 276 g/mol. The molecule has 4 heteroatoms. The van der Waals surface area contributed by atoms with E-state index in [1.807, 2.05) is 18.5 Å². The summed E-state index contributed by atoms with van der Waals surface area (Å²) in [5.74, 6) is 0.929. The van der Waals surface area contributed by atoms with Crippen LogP contribution in [-0.2, 0) is 6.54 Å². The third-order valence-electron chi connectivity index (χ3n) is 2.53. The van der Waals surface area contributed by atoms with Gasteiger partial charge in [-0.2, -0.15) is 0 Å². The van der Waals surface area contributed by atoms with Gasteiger partial charge >= 0.3 is 0 Å². The normalized spacial score (nSPS) is 10.3. The van der Waals surface area contributed by atoms with E-state index >= 15 is 0 Å². The fourth-order valence-corrected chi connectivity index (χ4v) is 3.04. The van der Waals surface area contributed by atoms with Gasteiger partial charge in [-0.3, -0.25) is 0 Å². The number of rotatable bonds is 6. The van der Waals surface area contributed by atoms with Gasteiger partial charge in [0.25, 0.3) is 0 Å². The lowest BCUT2D eigenvalue weighted by atomic mass is 10.3. The van der Waals surface area contributed by atoms with Crippen molar-refractivity contribution in [2.24, 2.45) is 0 Å². The van der Waals surface area contributed by atoms with Crippen LogP contribution in [0.5, 0.6) is 0 Å². The number of hydrogen-bond donors (Lipinski definition) is 1. The van der Waals surface area contributed by atoms with Crippen molar-refractivity contribution in [1.82, 2.24) is 4.98 Å². The number of aromatic nitrogens is 1. The molecule has 2 nitrogen and oxygen atoms in total. The Hall–Kier alpha value is -1.26. The molecule has 0 aliphatic heterocycles. The molecule has 1 heterocycles. The number of hydrogen-bond acceptors (Lipinski definition) is 4. The Labute approximate surface area is 116 Å². The highest BCUT2D eigenvalue weighted by molar-refractivity contribution is 7.99. The van der Waals surface area contributed by atoms with Gasteiger partial charge in [-0.1, -0.05) is 18.2 Å². The van der Waals surface area contributed by atoms with Crippen molar-refractivity contribution >= 4 is 28.8 Å². The van der Waals surface area contributed by atoms with Gasteiger partial charge in [0, 0.05) is 21.2 Å². The molecule has 1 N–H and O–H groups in total. The highest BCUT2D eigenvalue weighted by Gasteiger charge is 2.04. The van der Waals surface area contributed by atoms with Crippen LogP contribution in [0.2, 0.25) is 0 Å². The Morgan fingerprint density at radius 2 is 2.28 bits per heavy atom. The summed E-state index contributed by atoms with van der Waals surface area (Å²) in [6.45, 7) is 6.64. The SMILES string of the molecule is C=CCSc1ccccc1NCc1scnc1C. The van der Waals surface area contributed by atoms with Crippen molar-refractivity contribution in [2.45, 2.75) is 18.4 Å². The van der Waals surface area contributed by atoms with Crippen LogP contribution >= 0.6 is 23.1 Å². The van der Waals surface area contributed by atoms with E-state index in [4.69, 9.17) is 0 Å². The van der Waals surface area contributed by atoms with Crippen molar-refractivity contribution in [3.63, 3.8) is 0 Å². The Balaban J connectivity index is 2.04. The van der Waals surface area contributed by atoms with Crippen LogP contribution in [0.25, 0.3) is 0 Å². The first kappa shape index (κ1) is 13.2. The molecular weight excluding hydrogens is 260 g/mol. The van der Waals surface area contributed by atoms with Crippen LogP contribution in [0.3, 0.4) is 0 Å². The predicted octanol–water partition coefficient (Wildman–Crippen LogP) is 4.34. The first-order valence-corrected chi connectivity index (χ1v) is 7.63. The molecule has 1 aromatic carbocycles. The molecule has 94 valence electrons. The van der Waals surface area contributed by atoms with Crippen molar-refractivity contribution in [1.29, 1.82) is 0 Å².